The van der Waals surface area contributed by atoms with E-state index in [2.05, 4.69) is 70.5 Å². The van der Waals surface area contributed by atoms with E-state index in [-0.39, 0.29) is 12.1 Å². The molecule has 182 valence electrons. The van der Waals surface area contributed by atoms with E-state index < -0.39 is 0 Å². The lowest BCUT2D eigenvalue weighted by Gasteiger charge is -2.42. The fourth-order valence-corrected chi connectivity index (χ4v) is 5.43. The molecule has 0 spiro atoms. The molecule has 0 aliphatic carbocycles. The maximum absolute atomic E-state index is 12.3. The number of nitrogens with zero attached hydrogens (tertiary/aromatic N) is 2. The molecule has 1 fully saturated rings. The SMILES string of the molecule is CCOC(=O)c1cccnc1CCC(=S)N1CCC(C(c2ccccc2)c2ccccc2)CC1N. The number of carbonyl (C=O) groups is 1. The Morgan fingerprint density at radius 3 is 2.34 bits per heavy atom. The zero-order valence-electron chi connectivity index (χ0n) is 20.2. The minimum atomic E-state index is -0.341. The number of aryl methyl sites for hydroxylation is 1. The van der Waals surface area contributed by atoms with Crippen molar-refractivity contribution in [2.45, 2.75) is 44.7 Å². The number of piperidine rings is 1. The normalized spacial score (nSPS) is 17.9. The van der Waals surface area contributed by atoms with Crippen LogP contribution in [0.5, 0.6) is 0 Å². The molecule has 3 aromatic rings. The van der Waals surface area contributed by atoms with E-state index in [1.54, 1.807) is 25.3 Å². The van der Waals surface area contributed by atoms with E-state index in [4.69, 9.17) is 22.7 Å². The van der Waals surface area contributed by atoms with Crippen LogP contribution in [0.3, 0.4) is 0 Å². The number of esters is 1. The predicted molar refractivity (Wildman–Crippen MR) is 143 cm³/mol. The quantitative estimate of drug-likeness (QED) is 0.341. The van der Waals surface area contributed by atoms with Gasteiger partial charge in [-0.05, 0) is 55.4 Å². The molecule has 2 aromatic carbocycles. The second-order valence-corrected chi connectivity index (χ2v) is 9.43. The van der Waals surface area contributed by atoms with Crippen LogP contribution in [0.4, 0.5) is 0 Å². The summed E-state index contributed by atoms with van der Waals surface area (Å²) in [6.07, 6.45) is 4.65. The molecule has 35 heavy (non-hydrogen) atoms. The van der Waals surface area contributed by atoms with Gasteiger partial charge in [0.05, 0.1) is 29.0 Å². The molecular weight excluding hydrogens is 454 g/mol. The number of hydrogen-bond acceptors (Lipinski definition) is 5. The van der Waals surface area contributed by atoms with E-state index in [0.717, 1.165) is 24.4 Å². The lowest BCUT2D eigenvalue weighted by molar-refractivity contribution is 0.0524. The minimum absolute atomic E-state index is 0.135. The third-order valence-electron chi connectivity index (χ3n) is 6.76. The maximum Gasteiger partial charge on any atom is 0.339 e. The van der Waals surface area contributed by atoms with E-state index in [1.807, 2.05) is 0 Å². The van der Waals surface area contributed by atoms with Crippen molar-refractivity contribution in [3.63, 3.8) is 0 Å². The number of likely N-dealkylation sites (tertiary alicyclic amines) is 1. The number of pyridine rings is 1. The third kappa shape index (κ3) is 6.13. The molecule has 1 aliphatic rings. The van der Waals surface area contributed by atoms with Crippen molar-refractivity contribution in [2.75, 3.05) is 13.2 Å². The van der Waals surface area contributed by atoms with Gasteiger partial charge in [-0.1, -0.05) is 72.9 Å². The van der Waals surface area contributed by atoms with E-state index in [9.17, 15) is 4.79 Å². The number of rotatable bonds is 8. The summed E-state index contributed by atoms with van der Waals surface area (Å²) in [5.74, 6) is 0.395. The molecule has 2 N–H and O–H groups in total. The summed E-state index contributed by atoms with van der Waals surface area (Å²) in [7, 11) is 0. The molecule has 2 atom stereocenters. The molecule has 0 amide bonds. The van der Waals surface area contributed by atoms with Gasteiger partial charge in [0.2, 0.25) is 0 Å². The molecular formula is C29H33N3O2S. The molecule has 0 saturated carbocycles. The van der Waals surface area contributed by atoms with E-state index >= 15 is 0 Å². The van der Waals surface area contributed by atoms with Gasteiger partial charge in [0, 0.05) is 25.1 Å². The Bertz CT molecular complexity index is 1080. The lowest BCUT2D eigenvalue weighted by Crippen LogP contribution is -2.51. The highest BCUT2D eigenvalue weighted by Gasteiger charge is 2.33. The summed E-state index contributed by atoms with van der Waals surface area (Å²) in [4.78, 5) is 19.7. The third-order valence-corrected chi connectivity index (χ3v) is 7.19. The Kier molecular flexibility index (Phi) is 8.61. The monoisotopic (exact) mass is 487 g/mol. The first kappa shape index (κ1) is 25.0. The molecule has 5 nitrogen and oxygen atoms in total. The van der Waals surface area contributed by atoms with Gasteiger partial charge >= 0.3 is 5.97 Å². The Morgan fingerprint density at radius 1 is 1.09 bits per heavy atom. The van der Waals surface area contributed by atoms with Gasteiger partial charge < -0.3 is 15.4 Å². The molecule has 1 aliphatic heterocycles. The highest BCUT2D eigenvalue weighted by molar-refractivity contribution is 7.80. The Hall–Kier alpha value is -3.09. The first-order valence-electron chi connectivity index (χ1n) is 12.3. The molecule has 2 heterocycles. The zero-order valence-corrected chi connectivity index (χ0v) is 21.0. The van der Waals surface area contributed by atoms with Gasteiger partial charge in [-0.2, -0.15) is 0 Å². The van der Waals surface area contributed by atoms with E-state index in [1.165, 1.54) is 11.1 Å². The summed E-state index contributed by atoms with van der Waals surface area (Å²) in [5.41, 5.74) is 10.6. The molecule has 6 heteroatoms. The molecule has 2 unspecified atom stereocenters. The second kappa shape index (κ2) is 12.0. The van der Waals surface area contributed by atoms with Crippen molar-refractivity contribution < 1.29 is 9.53 Å². The van der Waals surface area contributed by atoms with Crippen LogP contribution in [-0.4, -0.2) is 40.2 Å². The topological polar surface area (TPSA) is 68.5 Å². The number of hydrogen-bond donors (Lipinski definition) is 1. The van der Waals surface area contributed by atoms with Crippen LogP contribution in [0.2, 0.25) is 0 Å². The minimum Gasteiger partial charge on any atom is -0.462 e. The highest BCUT2D eigenvalue weighted by Crippen LogP contribution is 2.39. The smallest absolute Gasteiger partial charge is 0.339 e. The van der Waals surface area contributed by atoms with Gasteiger partial charge in [-0.15, -0.1) is 0 Å². The molecule has 0 radical (unpaired) electrons. The predicted octanol–water partition coefficient (Wildman–Crippen LogP) is 5.35. The number of ether oxygens (including phenoxy) is 1. The molecule has 4 rings (SSSR count). The fraction of sp³-hybridized carbons (Fsp3) is 0.345. The van der Waals surface area contributed by atoms with Crippen molar-refractivity contribution in [1.82, 2.24) is 9.88 Å². The Labute approximate surface area is 213 Å². The Balaban J connectivity index is 1.42. The number of carbonyl (C=O) groups excluding carboxylic acids is 1. The van der Waals surface area contributed by atoms with Crippen molar-refractivity contribution in [1.29, 1.82) is 0 Å². The second-order valence-electron chi connectivity index (χ2n) is 8.96. The summed E-state index contributed by atoms with van der Waals surface area (Å²) in [5, 5.41) is 0. The van der Waals surface area contributed by atoms with Gasteiger partial charge in [-0.25, -0.2) is 4.79 Å². The number of aromatic nitrogens is 1. The first-order chi connectivity index (χ1) is 17.1. The lowest BCUT2D eigenvalue weighted by atomic mass is 9.75. The van der Waals surface area contributed by atoms with Gasteiger partial charge in [-0.3, -0.25) is 4.98 Å². The largest absolute Gasteiger partial charge is 0.462 e. The number of thiocarbonyl (C=S) groups is 1. The average molecular weight is 488 g/mol. The average Bonchev–Trinajstić information content (AvgIpc) is 2.89. The van der Waals surface area contributed by atoms with Gasteiger partial charge in [0.15, 0.2) is 0 Å². The van der Waals surface area contributed by atoms with Crippen LogP contribution in [0, 0.1) is 5.92 Å². The summed E-state index contributed by atoms with van der Waals surface area (Å²) in [6.45, 7) is 2.96. The van der Waals surface area contributed by atoms with E-state index in [0.29, 0.717) is 42.5 Å². The van der Waals surface area contributed by atoms with Crippen molar-refractivity contribution >= 4 is 23.2 Å². The van der Waals surface area contributed by atoms with Gasteiger partial charge in [0.25, 0.3) is 0 Å². The van der Waals surface area contributed by atoms with Crippen LogP contribution < -0.4 is 5.73 Å². The van der Waals surface area contributed by atoms with Crippen LogP contribution in [0.1, 0.15) is 59.3 Å². The van der Waals surface area contributed by atoms with Crippen LogP contribution in [0.15, 0.2) is 79.0 Å². The van der Waals surface area contributed by atoms with Crippen LogP contribution in [-0.2, 0) is 11.2 Å². The number of benzene rings is 2. The summed E-state index contributed by atoms with van der Waals surface area (Å²) < 4.78 is 5.17. The summed E-state index contributed by atoms with van der Waals surface area (Å²) in [6, 6.07) is 24.9. The van der Waals surface area contributed by atoms with Crippen molar-refractivity contribution in [3.05, 3.63) is 101 Å². The number of nitrogens with two attached hydrogens (primary N) is 1. The maximum atomic E-state index is 12.3. The first-order valence-corrected chi connectivity index (χ1v) is 12.7. The summed E-state index contributed by atoms with van der Waals surface area (Å²) >= 11 is 5.80. The zero-order chi connectivity index (χ0) is 24.6. The van der Waals surface area contributed by atoms with Crippen molar-refractivity contribution in [3.8, 4) is 0 Å². The fourth-order valence-electron chi connectivity index (χ4n) is 5.10. The molecule has 1 aromatic heterocycles. The highest BCUT2D eigenvalue weighted by atomic mass is 32.1. The van der Waals surface area contributed by atoms with Gasteiger partial charge in [0.1, 0.15) is 0 Å². The molecule has 0 bridgehead atoms. The Morgan fingerprint density at radius 2 is 1.74 bits per heavy atom. The molecule has 1 saturated heterocycles. The van der Waals surface area contributed by atoms with Crippen molar-refractivity contribution in [2.24, 2.45) is 11.7 Å². The van der Waals surface area contributed by atoms with Crippen LogP contribution in [0.25, 0.3) is 0 Å². The van der Waals surface area contributed by atoms with Crippen LogP contribution >= 0.6 is 12.2 Å². The standard InChI is InChI=1S/C29H33N3O2S/c1-2-34-29(33)24-14-9-18-31-25(24)15-16-27(35)32-19-17-23(20-26(32)30)28(21-10-5-3-6-11-21)22-12-7-4-8-13-22/h3-14,18,23,26,28H,2,15-17,19-20,30H2,1H3.